The fraction of sp³-hybridized carbons (Fsp3) is 0.0909. The van der Waals surface area contributed by atoms with Crippen molar-refractivity contribution in [3.8, 4) is 11.3 Å². The van der Waals surface area contributed by atoms with Crippen LogP contribution in [0.2, 0.25) is 10.0 Å². The largest absolute Gasteiger partial charge is 0.481 e. The molecule has 2 heterocycles. The summed E-state index contributed by atoms with van der Waals surface area (Å²) in [6, 6.07) is 16.8. The molecule has 2 aromatic heterocycles. The number of allylic oxidation sites excluding steroid dienone is 1. The zero-order chi connectivity index (χ0) is 20.4. The minimum atomic E-state index is -0.858. The van der Waals surface area contributed by atoms with E-state index in [1.165, 1.54) is 11.3 Å². The molecule has 0 aliphatic rings. The highest BCUT2D eigenvalue weighted by atomic mass is 35.5. The molecule has 0 atom stereocenters. The third-order valence-electron chi connectivity index (χ3n) is 4.34. The molecule has 0 fully saturated rings. The Morgan fingerprint density at radius 2 is 1.90 bits per heavy atom. The molecule has 4 nitrogen and oxygen atoms in total. The molecule has 29 heavy (non-hydrogen) atoms. The third-order valence-corrected chi connectivity index (χ3v) is 6.27. The Hall–Kier alpha value is -2.60. The normalized spacial score (nSPS) is 11.9. The van der Waals surface area contributed by atoms with Crippen LogP contribution < -0.4 is 0 Å². The number of furan rings is 1. The van der Waals surface area contributed by atoms with Crippen molar-refractivity contribution in [3.63, 3.8) is 0 Å². The lowest BCUT2D eigenvalue weighted by Crippen LogP contribution is -1.95. The molecule has 4 rings (SSSR count). The average molecular weight is 444 g/mol. The van der Waals surface area contributed by atoms with E-state index in [9.17, 15) is 4.79 Å². The van der Waals surface area contributed by atoms with Crippen LogP contribution in [0.5, 0.6) is 0 Å². The van der Waals surface area contributed by atoms with E-state index in [1.807, 2.05) is 48.5 Å². The molecular weight excluding hydrogens is 429 g/mol. The molecule has 7 heteroatoms. The Balaban J connectivity index is 1.72. The van der Waals surface area contributed by atoms with E-state index in [2.05, 4.69) is 4.98 Å². The van der Waals surface area contributed by atoms with Crippen LogP contribution in [0.25, 0.3) is 33.2 Å². The summed E-state index contributed by atoms with van der Waals surface area (Å²) in [5.74, 6) is 0.323. The van der Waals surface area contributed by atoms with Gasteiger partial charge in [0.1, 0.15) is 16.5 Å². The number of aliphatic carboxylic acids is 1. The smallest absolute Gasteiger partial charge is 0.303 e. The highest BCUT2D eigenvalue weighted by molar-refractivity contribution is 7.19. The topological polar surface area (TPSA) is 63.3 Å². The molecule has 0 bridgehead atoms. The number of thiazole rings is 1. The van der Waals surface area contributed by atoms with Crippen LogP contribution in [0, 0.1) is 0 Å². The van der Waals surface area contributed by atoms with Gasteiger partial charge in [-0.1, -0.05) is 41.4 Å². The lowest BCUT2D eigenvalue weighted by atomic mass is 10.1. The zero-order valence-electron chi connectivity index (χ0n) is 15.1. The summed E-state index contributed by atoms with van der Waals surface area (Å²) < 4.78 is 7.00. The third kappa shape index (κ3) is 4.37. The van der Waals surface area contributed by atoms with E-state index in [4.69, 9.17) is 32.7 Å². The second-order valence-electron chi connectivity index (χ2n) is 6.35. The number of hydrogen-bond acceptors (Lipinski definition) is 4. The Bertz CT molecular complexity index is 1190. The van der Waals surface area contributed by atoms with Gasteiger partial charge in [-0.05, 0) is 54.5 Å². The van der Waals surface area contributed by atoms with E-state index < -0.39 is 5.97 Å². The summed E-state index contributed by atoms with van der Waals surface area (Å²) in [4.78, 5) is 15.8. The maximum absolute atomic E-state index is 11.1. The van der Waals surface area contributed by atoms with E-state index >= 15 is 0 Å². The van der Waals surface area contributed by atoms with Crippen LogP contribution in [0.1, 0.15) is 23.6 Å². The van der Waals surface area contributed by atoms with Crippen molar-refractivity contribution < 1.29 is 14.3 Å². The summed E-state index contributed by atoms with van der Waals surface area (Å²) in [7, 11) is 0. The van der Waals surface area contributed by atoms with E-state index in [1.54, 1.807) is 12.1 Å². The standard InChI is InChI=1S/C22H15Cl2NO3S/c23-16-5-3-4-15(21(16)24)18-10-9-14(28-18)12-13(8-11-20(26)27)22-25-17-6-1-2-7-19(17)29-22/h1-7,9-10,12H,8,11H2,(H,26,27). The first kappa shape index (κ1) is 19.7. The molecule has 0 amide bonds. The van der Waals surface area contributed by atoms with Gasteiger partial charge >= 0.3 is 5.97 Å². The van der Waals surface area contributed by atoms with E-state index in [-0.39, 0.29) is 6.42 Å². The SMILES string of the molecule is O=C(O)CCC(=Cc1ccc(-c2cccc(Cl)c2Cl)o1)c1nc2ccccc2s1. The van der Waals surface area contributed by atoms with Crippen molar-refractivity contribution in [1.29, 1.82) is 0 Å². The molecule has 4 aromatic rings. The molecule has 146 valence electrons. The summed E-state index contributed by atoms with van der Waals surface area (Å²) in [5.41, 5.74) is 2.40. The van der Waals surface area contributed by atoms with E-state index in [0.717, 1.165) is 20.8 Å². The number of halogens is 2. The average Bonchev–Trinajstić information content (AvgIpc) is 3.33. The highest BCUT2D eigenvalue weighted by Crippen LogP contribution is 2.36. The van der Waals surface area contributed by atoms with Gasteiger partial charge in [-0.3, -0.25) is 4.79 Å². The monoisotopic (exact) mass is 443 g/mol. The van der Waals surface area contributed by atoms with Gasteiger partial charge in [-0.15, -0.1) is 11.3 Å². The number of para-hydroxylation sites is 1. The number of nitrogens with zero attached hydrogens (tertiary/aromatic N) is 1. The fourth-order valence-electron chi connectivity index (χ4n) is 2.93. The predicted octanol–water partition coefficient (Wildman–Crippen LogP) is 7.27. The number of benzene rings is 2. The number of hydrogen-bond donors (Lipinski definition) is 1. The van der Waals surface area contributed by atoms with Crippen LogP contribution in [0.3, 0.4) is 0 Å². The first-order valence-electron chi connectivity index (χ1n) is 8.84. The molecule has 0 saturated carbocycles. The van der Waals surface area contributed by atoms with Gasteiger partial charge < -0.3 is 9.52 Å². The number of rotatable bonds is 6. The molecule has 2 aromatic carbocycles. The molecule has 0 aliphatic heterocycles. The van der Waals surface area contributed by atoms with Crippen LogP contribution in [-0.2, 0) is 4.79 Å². The second-order valence-corrected chi connectivity index (χ2v) is 8.17. The Kier molecular flexibility index (Phi) is 5.72. The molecule has 0 spiro atoms. The van der Waals surface area contributed by atoms with Crippen LogP contribution in [-0.4, -0.2) is 16.1 Å². The minimum absolute atomic E-state index is 0.00937. The van der Waals surface area contributed by atoms with Gasteiger partial charge in [0.2, 0.25) is 0 Å². The molecule has 0 aliphatic carbocycles. The maximum Gasteiger partial charge on any atom is 0.303 e. The first-order valence-corrected chi connectivity index (χ1v) is 10.4. The summed E-state index contributed by atoms with van der Waals surface area (Å²) in [5, 5.41) is 10.8. The van der Waals surface area contributed by atoms with Crippen LogP contribution in [0.15, 0.2) is 59.0 Å². The van der Waals surface area contributed by atoms with Gasteiger partial charge in [-0.2, -0.15) is 0 Å². The van der Waals surface area contributed by atoms with Gasteiger partial charge in [0.15, 0.2) is 0 Å². The highest BCUT2D eigenvalue weighted by Gasteiger charge is 2.14. The quantitative estimate of drug-likeness (QED) is 0.340. The number of carbonyl (C=O) groups is 1. The molecule has 0 saturated heterocycles. The number of aromatic nitrogens is 1. The van der Waals surface area contributed by atoms with Gasteiger partial charge in [0.05, 0.1) is 20.3 Å². The Labute approximate surface area is 181 Å². The van der Waals surface area contributed by atoms with Gasteiger partial charge in [0.25, 0.3) is 0 Å². The molecule has 0 radical (unpaired) electrons. The zero-order valence-corrected chi connectivity index (χ0v) is 17.4. The minimum Gasteiger partial charge on any atom is -0.481 e. The number of carboxylic acids is 1. The van der Waals surface area contributed by atoms with Crippen molar-refractivity contribution in [1.82, 2.24) is 4.98 Å². The second kappa shape index (κ2) is 8.41. The van der Waals surface area contributed by atoms with Crippen molar-refractivity contribution in [2.75, 3.05) is 0 Å². The van der Waals surface area contributed by atoms with Gasteiger partial charge in [-0.25, -0.2) is 4.98 Å². The molecule has 0 unspecified atom stereocenters. The summed E-state index contributed by atoms with van der Waals surface area (Å²) >= 11 is 13.9. The molecular formula is C22H15Cl2NO3S. The Morgan fingerprint density at radius 1 is 1.07 bits per heavy atom. The van der Waals surface area contributed by atoms with Crippen molar-refractivity contribution in [2.45, 2.75) is 12.8 Å². The number of carboxylic acid groups (broad SMARTS) is 1. The first-order chi connectivity index (χ1) is 14.0. The maximum atomic E-state index is 11.1. The fourth-order valence-corrected chi connectivity index (χ4v) is 4.34. The number of fused-ring (bicyclic) bond motifs is 1. The van der Waals surface area contributed by atoms with Crippen molar-refractivity contribution in [2.24, 2.45) is 0 Å². The summed E-state index contributed by atoms with van der Waals surface area (Å²) in [6.45, 7) is 0. The molecule has 1 N–H and O–H groups in total. The van der Waals surface area contributed by atoms with E-state index in [0.29, 0.717) is 33.6 Å². The van der Waals surface area contributed by atoms with Crippen LogP contribution in [0.4, 0.5) is 0 Å². The Morgan fingerprint density at radius 3 is 2.69 bits per heavy atom. The lowest BCUT2D eigenvalue weighted by molar-refractivity contribution is -0.136. The van der Waals surface area contributed by atoms with Gasteiger partial charge in [0, 0.05) is 12.0 Å². The lowest BCUT2D eigenvalue weighted by Gasteiger charge is -2.03. The predicted molar refractivity (Wildman–Crippen MR) is 119 cm³/mol. The van der Waals surface area contributed by atoms with Crippen LogP contribution >= 0.6 is 34.5 Å². The van der Waals surface area contributed by atoms with Crippen molar-refractivity contribution >= 4 is 62.4 Å². The van der Waals surface area contributed by atoms with Crippen molar-refractivity contribution in [3.05, 3.63) is 75.4 Å². The summed E-state index contributed by atoms with van der Waals surface area (Å²) in [6.07, 6.45) is 2.20.